The molecule has 0 unspecified atom stereocenters. The van der Waals surface area contributed by atoms with E-state index in [9.17, 15) is 12.8 Å². The summed E-state index contributed by atoms with van der Waals surface area (Å²) in [5.74, 6) is 0.613. The van der Waals surface area contributed by atoms with Crippen LogP contribution < -0.4 is 10.5 Å². The average molecular weight is 447 g/mol. The van der Waals surface area contributed by atoms with Crippen LogP contribution in [0.1, 0.15) is 48.3 Å². The van der Waals surface area contributed by atoms with Crippen molar-refractivity contribution in [1.29, 1.82) is 0 Å². The number of imidazole rings is 1. The molecule has 0 aliphatic heterocycles. The van der Waals surface area contributed by atoms with E-state index < -0.39 is 21.4 Å². The molecule has 2 aromatic heterocycles. The van der Waals surface area contributed by atoms with Gasteiger partial charge in [0.05, 0.1) is 5.25 Å². The number of nitrogen functional groups attached to an aromatic ring is 1. The molecule has 8 nitrogen and oxygen atoms in total. The van der Waals surface area contributed by atoms with E-state index in [0.717, 1.165) is 24.8 Å². The van der Waals surface area contributed by atoms with Gasteiger partial charge in [-0.15, -0.1) is 0 Å². The summed E-state index contributed by atoms with van der Waals surface area (Å²) in [6, 6.07) is 4.45. The van der Waals surface area contributed by atoms with Gasteiger partial charge in [-0.2, -0.15) is 14.4 Å². The number of benzene rings is 1. The molecule has 0 saturated heterocycles. The van der Waals surface area contributed by atoms with E-state index in [4.69, 9.17) is 5.73 Å². The Kier molecular flexibility index (Phi) is 5.69. The molecular weight excluding hydrogens is 419 g/mol. The zero-order chi connectivity index (χ0) is 22.3. The minimum Gasteiger partial charge on any atom is -0.382 e. The number of nitrogens with two attached hydrogens (primary N) is 1. The third-order valence-electron chi connectivity index (χ3n) is 5.83. The Bertz CT molecular complexity index is 1250. The van der Waals surface area contributed by atoms with Gasteiger partial charge in [0, 0.05) is 19.5 Å². The largest absolute Gasteiger partial charge is 0.382 e. The van der Waals surface area contributed by atoms with Crippen LogP contribution in [0.25, 0.3) is 11.2 Å². The molecule has 0 amide bonds. The summed E-state index contributed by atoms with van der Waals surface area (Å²) >= 11 is 0. The van der Waals surface area contributed by atoms with Crippen LogP contribution in [0, 0.1) is 13.0 Å². The Morgan fingerprint density at radius 2 is 1.90 bits per heavy atom. The number of hydrogen-bond donors (Lipinski definition) is 2. The number of nitrogens with one attached hydrogen (secondary N) is 1. The van der Waals surface area contributed by atoms with Crippen molar-refractivity contribution in [2.24, 2.45) is 0 Å². The Morgan fingerprint density at radius 3 is 2.61 bits per heavy atom. The monoisotopic (exact) mass is 446 g/mol. The molecule has 1 aliphatic carbocycles. The van der Waals surface area contributed by atoms with Gasteiger partial charge in [0.15, 0.2) is 17.0 Å². The number of aryl methyl sites for hydroxylation is 3. The maximum atomic E-state index is 13.9. The number of aromatic nitrogens is 4. The maximum Gasteiger partial charge on any atom is 0.312 e. The van der Waals surface area contributed by atoms with Crippen LogP contribution in [0.4, 0.5) is 10.2 Å². The zero-order valence-corrected chi connectivity index (χ0v) is 18.8. The molecule has 0 radical (unpaired) electrons. The van der Waals surface area contributed by atoms with E-state index in [1.165, 1.54) is 16.7 Å². The lowest BCUT2D eigenvalue weighted by molar-refractivity contribution is 0.539. The molecule has 0 saturated carbocycles. The fraction of sp³-hybridized carbons (Fsp3) is 0.476. The number of sulfonamides is 1. The van der Waals surface area contributed by atoms with Crippen molar-refractivity contribution in [3.8, 4) is 0 Å². The van der Waals surface area contributed by atoms with Crippen molar-refractivity contribution in [3.05, 3.63) is 46.3 Å². The van der Waals surface area contributed by atoms with Crippen molar-refractivity contribution in [2.45, 2.75) is 58.2 Å². The third-order valence-corrected chi connectivity index (χ3v) is 7.68. The molecule has 1 aliphatic rings. The highest BCUT2D eigenvalue weighted by molar-refractivity contribution is 7.90. The first-order valence-corrected chi connectivity index (χ1v) is 12.0. The summed E-state index contributed by atoms with van der Waals surface area (Å²) in [5, 5.41) is -0.545. The maximum absolute atomic E-state index is 13.9. The van der Waals surface area contributed by atoms with Crippen LogP contribution in [0.15, 0.2) is 12.1 Å². The fourth-order valence-corrected chi connectivity index (χ4v) is 4.74. The van der Waals surface area contributed by atoms with E-state index >= 15 is 0 Å². The molecule has 4 rings (SSSR count). The van der Waals surface area contributed by atoms with E-state index in [1.54, 1.807) is 18.4 Å². The second-order valence-electron chi connectivity index (χ2n) is 8.30. The number of anilines is 1. The topological polar surface area (TPSA) is 116 Å². The van der Waals surface area contributed by atoms with Crippen molar-refractivity contribution < 1.29 is 12.8 Å². The fourth-order valence-electron chi connectivity index (χ4n) is 4.03. The first kappa shape index (κ1) is 21.6. The van der Waals surface area contributed by atoms with Crippen LogP contribution in [0.5, 0.6) is 0 Å². The van der Waals surface area contributed by atoms with Gasteiger partial charge in [0.1, 0.15) is 5.82 Å². The van der Waals surface area contributed by atoms with Crippen molar-refractivity contribution >= 4 is 27.0 Å². The Labute approximate surface area is 181 Å². The molecule has 2 heterocycles. The zero-order valence-electron chi connectivity index (χ0n) is 17.9. The predicted octanol–water partition coefficient (Wildman–Crippen LogP) is 2.26. The highest BCUT2D eigenvalue weighted by atomic mass is 32.2. The smallest absolute Gasteiger partial charge is 0.312 e. The normalized spacial score (nSPS) is 14.0. The molecule has 0 spiro atoms. The molecular formula is C21H27FN6O2S. The predicted molar refractivity (Wildman–Crippen MR) is 118 cm³/mol. The summed E-state index contributed by atoms with van der Waals surface area (Å²) in [7, 11) is -3.42. The second-order valence-corrected chi connectivity index (χ2v) is 10.6. The second kappa shape index (κ2) is 8.16. The molecule has 31 heavy (non-hydrogen) atoms. The number of fused-ring (bicyclic) bond motifs is 2. The van der Waals surface area contributed by atoms with Crippen molar-refractivity contribution in [1.82, 2.24) is 24.2 Å². The van der Waals surface area contributed by atoms with Gasteiger partial charge in [-0.3, -0.25) is 0 Å². The minimum atomic E-state index is -3.42. The molecule has 3 N–H and O–H groups in total. The highest BCUT2D eigenvalue weighted by Crippen LogP contribution is 2.28. The lowest BCUT2D eigenvalue weighted by Crippen LogP contribution is -2.33. The van der Waals surface area contributed by atoms with Gasteiger partial charge in [-0.25, -0.2) is 18.1 Å². The van der Waals surface area contributed by atoms with Crippen molar-refractivity contribution in [3.63, 3.8) is 0 Å². The number of halogens is 1. The van der Waals surface area contributed by atoms with E-state index in [2.05, 4.69) is 38.7 Å². The molecule has 10 heteroatoms. The molecule has 166 valence electrons. The van der Waals surface area contributed by atoms with Crippen LogP contribution in [0.2, 0.25) is 0 Å². The van der Waals surface area contributed by atoms with Crippen LogP contribution in [0.3, 0.4) is 0 Å². The molecule has 0 fully saturated rings. The standard InChI is InChI=1S/C21H27FN6O2S/c1-12(2)31(29,30)24-7-8-28-17(25-18-19(23)26-21(22)27-20(18)28)11-16-10-15-6-4-5-14(15)9-13(16)3/h9-10,12,24H,4-8,11H2,1-3H3,(H2,23,26,27). The van der Waals surface area contributed by atoms with Gasteiger partial charge in [-0.1, -0.05) is 12.1 Å². The average Bonchev–Trinajstić information content (AvgIpc) is 3.27. The number of nitrogens with zero attached hydrogens (tertiary/aromatic N) is 4. The first-order valence-electron chi connectivity index (χ1n) is 10.4. The van der Waals surface area contributed by atoms with Crippen LogP contribution >= 0.6 is 0 Å². The first-order chi connectivity index (χ1) is 14.7. The van der Waals surface area contributed by atoms with Gasteiger partial charge in [-0.05, 0) is 62.3 Å². The van der Waals surface area contributed by atoms with Gasteiger partial charge >= 0.3 is 6.08 Å². The third kappa shape index (κ3) is 4.27. The molecule has 0 atom stereocenters. The molecule has 0 bridgehead atoms. The Morgan fingerprint density at radius 1 is 1.19 bits per heavy atom. The van der Waals surface area contributed by atoms with Crippen molar-refractivity contribution in [2.75, 3.05) is 12.3 Å². The molecule has 1 aromatic carbocycles. The van der Waals surface area contributed by atoms with E-state index in [-0.39, 0.29) is 24.6 Å². The summed E-state index contributed by atoms with van der Waals surface area (Å²) in [6.45, 7) is 5.68. The lowest BCUT2D eigenvalue weighted by atomic mass is 9.98. The quantitative estimate of drug-likeness (QED) is 0.538. The number of hydrogen-bond acceptors (Lipinski definition) is 6. The Hall–Kier alpha value is -2.59. The summed E-state index contributed by atoms with van der Waals surface area (Å²) in [6.07, 6.45) is 2.91. The minimum absolute atomic E-state index is 0.0315. The summed E-state index contributed by atoms with van der Waals surface area (Å²) < 4.78 is 42.4. The van der Waals surface area contributed by atoms with Gasteiger partial charge in [0.25, 0.3) is 0 Å². The summed E-state index contributed by atoms with van der Waals surface area (Å²) in [5.41, 5.74) is 11.5. The summed E-state index contributed by atoms with van der Waals surface area (Å²) in [4.78, 5) is 12.1. The van der Waals surface area contributed by atoms with E-state index in [0.29, 0.717) is 17.8 Å². The highest BCUT2D eigenvalue weighted by Gasteiger charge is 2.20. The van der Waals surface area contributed by atoms with Crippen LogP contribution in [-0.4, -0.2) is 39.7 Å². The Balaban J connectivity index is 1.71. The lowest BCUT2D eigenvalue weighted by Gasteiger charge is -2.13. The van der Waals surface area contributed by atoms with Crippen LogP contribution in [-0.2, 0) is 35.8 Å². The SMILES string of the molecule is Cc1cc2c(cc1Cc1nc3c(N)nc(F)nc3n1CCNS(=O)(=O)C(C)C)CCC2. The van der Waals surface area contributed by atoms with E-state index in [1.807, 2.05) is 0 Å². The van der Waals surface area contributed by atoms with Gasteiger partial charge < -0.3 is 10.3 Å². The van der Waals surface area contributed by atoms with Gasteiger partial charge in [0.2, 0.25) is 10.0 Å². The number of rotatable bonds is 7. The molecule has 3 aromatic rings.